The van der Waals surface area contributed by atoms with E-state index in [-0.39, 0.29) is 31.4 Å². The highest BCUT2D eigenvalue weighted by molar-refractivity contribution is 5.85. The Morgan fingerprint density at radius 3 is 2.50 bits per heavy atom. The van der Waals surface area contributed by atoms with Gasteiger partial charge in [0, 0.05) is 18.3 Å². The average Bonchev–Trinajstić information content (AvgIpc) is 2.04. The lowest BCUT2D eigenvalue weighted by Gasteiger charge is -2.00. The van der Waals surface area contributed by atoms with Crippen molar-refractivity contribution in [2.24, 2.45) is 5.73 Å². The van der Waals surface area contributed by atoms with E-state index in [0.717, 1.165) is 11.3 Å². The van der Waals surface area contributed by atoms with E-state index in [1.807, 2.05) is 6.07 Å². The zero-order valence-electron chi connectivity index (χ0n) is 6.43. The van der Waals surface area contributed by atoms with Crippen molar-refractivity contribution in [3.05, 3.63) is 29.6 Å². The van der Waals surface area contributed by atoms with E-state index in [0.29, 0.717) is 6.54 Å². The molecule has 1 rings (SSSR count). The number of hydrogen-bond donors (Lipinski definition) is 2. The molecule has 0 unspecified atom stereocenters. The minimum Gasteiger partial charge on any atom is -0.392 e. The molecule has 0 aliphatic carbocycles. The Morgan fingerprint density at radius 1 is 1.42 bits per heavy atom. The summed E-state index contributed by atoms with van der Waals surface area (Å²) >= 11 is 0. The first kappa shape index (κ1) is 14.2. The standard InChI is InChI=1S/C7H10N2O.2ClH/c8-4-7-6(5-10)2-1-3-9-7;;/h1-3,10H,4-5,8H2;2*1H. The van der Waals surface area contributed by atoms with Crippen LogP contribution in [-0.2, 0) is 13.2 Å². The molecule has 0 aliphatic heterocycles. The molecule has 0 saturated carbocycles. The zero-order valence-corrected chi connectivity index (χ0v) is 8.07. The maximum absolute atomic E-state index is 8.75. The van der Waals surface area contributed by atoms with Gasteiger partial charge >= 0.3 is 0 Å². The molecule has 0 spiro atoms. The van der Waals surface area contributed by atoms with Gasteiger partial charge < -0.3 is 10.8 Å². The molecule has 0 aliphatic rings. The maximum Gasteiger partial charge on any atom is 0.0700 e. The highest BCUT2D eigenvalue weighted by Crippen LogP contribution is 2.02. The number of rotatable bonds is 2. The normalized spacial score (nSPS) is 8.17. The van der Waals surface area contributed by atoms with E-state index in [4.69, 9.17) is 10.8 Å². The third-order valence-corrected chi connectivity index (χ3v) is 1.35. The average molecular weight is 211 g/mol. The second kappa shape index (κ2) is 7.31. The summed E-state index contributed by atoms with van der Waals surface area (Å²) in [5, 5.41) is 8.75. The van der Waals surface area contributed by atoms with Gasteiger partial charge in [-0.2, -0.15) is 0 Å². The molecule has 0 atom stereocenters. The molecule has 0 bridgehead atoms. The highest BCUT2D eigenvalue weighted by Gasteiger charge is 1.96. The van der Waals surface area contributed by atoms with Crippen LogP contribution in [0, 0.1) is 0 Å². The molecule has 1 aromatic rings. The van der Waals surface area contributed by atoms with Crippen LogP contribution >= 0.6 is 24.8 Å². The summed E-state index contributed by atoms with van der Waals surface area (Å²) < 4.78 is 0. The number of nitrogens with two attached hydrogens (primary N) is 1. The number of aliphatic hydroxyl groups excluding tert-OH is 1. The molecule has 3 nitrogen and oxygen atoms in total. The summed E-state index contributed by atoms with van der Waals surface area (Å²) in [6, 6.07) is 3.60. The van der Waals surface area contributed by atoms with Gasteiger partial charge in [0.05, 0.1) is 12.3 Å². The number of pyridine rings is 1. The van der Waals surface area contributed by atoms with Gasteiger partial charge in [-0.1, -0.05) is 6.07 Å². The summed E-state index contributed by atoms with van der Waals surface area (Å²) in [5.41, 5.74) is 6.93. The topological polar surface area (TPSA) is 59.1 Å². The van der Waals surface area contributed by atoms with Crippen molar-refractivity contribution in [2.75, 3.05) is 0 Å². The molecule has 0 fully saturated rings. The summed E-state index contributed by atoms with van der Waals surface area (Å²) in [5.74, 6) is 0. The SMILES string of the molecule is Cl.Cl.NCc1ncccc1CO. The number of nitrogens with zero attached hydrogens (tertiary/aromatic N) is 1. The van der Waals surface area contributed by atoms with Crippen LogP contribution in [-0.4, -0.2) is 10.1 Å². The largest absolute Gasteiger partial charge is 0.392 e. The van der Waals surface area contributed by atoms with Crippen LogP contribution in [0.4, 0.5) is 0 Å². The molecular weight excluding hydrogens is 199 g/mol. The quantitative estimate of drug-likeness (QED) is 0.763. The van der Waals surface area contributed by atoms with Crippen molar-refractivity contribution < 1.29 is 5.11 Å². The van der Waals surface area contributed by atoms with E-state index < -0.39 is 0 Å². The zero-order chi connectivity index (χ0) is 7.40. The van der Waals surface area contributed by atoms with Crippen LogP contribution < -0.4 is 5.73 Å². The van der Waals surface area contributed by atoms with Gasteiger partial charge in [0.2, 0.25) is 0 Å². The summed E-state index contributed by atoms with van der Waals surface area (Å²) in [4.78, 5) is 3.98. The Hall–Kier alpha value is -0.350. The second-order valence-electron chi connectivity index (χ2n) is 1.97. The van der Waals surface area contributed by atoms with Gasteiger partial charge in [0.25, 0.3) is 0 Å². The van der Waals surface area contributed by atoms with Crippen LogP contribution in [0.1, 0.15) is 11.3 Å². The van der Waals surface area contributed by atoms with Crippen molar-refractivity contribution in [3.8, 4) is 0 Å². The molecular formula is C7H12Cl2N2O. The van der Waals surface area contributed by atoms with Gasteiger partial charge in [-0.15, -0.1) is 24.8 Å². The number of aliphatic hydroxyl groups is 1. The fourth-order valence-electron chi connectivity index (χ4n) is 0.799. The predicted octanol–water partition coefficient (Wildman–Crippen LogP) is 0.876. The molecule has 12 heavy (non-hydrogen) atoms. The van der Waals surface area contributed by atoms with Gasteiger partial charge in [0.1, 0.15) is 0 Å². The Morgan fingerprint density at radius 2 is 2.08 bits per heavy atom. The summed E-state index contributed by atoms with van der Waals surface area (Å²) in [7, 11) is 0. The van der Waals surface area contributed by atoms with Crippen molar-refractivity contribution >= 4 is 24.8 Å². The first-order valence-corrected chi connectivity index (χ1v) is 3.12. The smallest absolute Gasteiger partial charge is 0.0700 e. The highest BCUT2D eigenvalue weighted by atomic mass is 35.5. The van der Waals surface area contributed by atoms with Crippen molar-refractivity contribution in [2.45, 2.75) is 13.2 Å². The van der Waals surface area contributed by atoms with Crippen LogP contribution in [0.15, 0.2) is 18.3 Å². The summed E-state index contributed by atoms with van der Waals surface area (Å²) in [6.45, 7) is 0.400. The van der Waals surface area contributed by atoms with Gasteiger partial charge in [-0.3, -0.25) is 4.98 Å². The Balaban J connectivity index is 0. The predicted molar refractivity (Wildman–Crippen MR) is 52.5 cm³/mol. The van der Waals surface area contributed by atoms with Crippen molar-refractivity contribution in [1.29, 1.82) is 0 Å². The lowest BCUT2D eigenvalue weighted by Crippen LogP contribution is -2.03. The maximum atomic E-state index is 8.75. The van der Waals surface area contributed by atoms with E-state index >= 15 is 0 Å². The monoisotopic (exact) mass is 210 g/mol. The van der Waals surface area contributed by atoms with Gasteiger partial charge in [-0.25, -0.2) is 0 Å². The molecule has 5 heteroatoms. The lowest BCUT2D eigenvalue weighted by molar-refractivity contribution is 0.280. The third kappa shape index (κ3) is 3.36. The Labute approximate surface area is 83.8 Å². The van der Waals surface area contributed by atoms with E-state index in [9.17, 15) is 0 Å². The second-order valence-corrected chi connectivity index (χ2v) is 1.97. The van der Waals surface area contributed by atoms with Crippen molar-refractivity contribution in [1.82, 2.24) is 4.98 Å². The molecule has 0 amide bonds. The fraction of sp³-hybridized carbons (Fsp3) is 0.286. The van der Waals surface area contributed by atoms with E-state index in [1.54, 1.807) is 12.3 Å². The molecule has 0 aromatic carbocycles. The third-order valence-electron chi connectivity index (χ3n) is 1.35. The van der Waals surface area contributed by atoms with Crippen LogP contribution in [0.5, 0.6) is 0 Å². The Kier molecular flexibility index (Phi) is 8.64. The fourth-order valence-corrected chi connectivity index (χ4v) is 0.799. The number of aromatic nitrogens is 1. The molecule has 1 heterocycles. The van der Waals surface area contributed by atoms with Gasteiger partial charge in [0.15, 0.2) is 0 Å². The molecule has 1 aromatic heterocycles. The van der Waals surface area contributed by atoms with Crippen LogP contribution in [0.3, 0.4) is 0 Å². The van der Waals surface area contributed by atoms with Crippen molar-refractivity contribution in [3.63, 3.8) is 0 Å². The molecule has 0 saturated heterocycles. The number of hydrogen-bond acceptors (Lipinski definition) is 3. The number of halogens is 2. The van der Waals surface area contributed by atoms with E-state index in [2.05, 4.69) is 4.98 Å². The lowest BCUT2D eigenvalue weighted by atomic mass is 10.2. The Bertz CT molecular complexity index is 197. The van der Waals surface area contributed by atoms with Crippen LogP contribution in [0.25, 0.3) is 0 Å². The minimum atomic E-state index is 0. The molecule has 70 valence electrons. The van der Waals surface area contributed by atoms with Crippen LogP contribution in [0.2, 0.25) is 0 Å². The first-order valence-electron chi connectivity index (χ1n) is 3.12. The summed E-state index contributed by atoms with van der Waals surface area (Å²) in [6.07, 6.45) is 1.67. The van der Waals surface area contributed by atoms with Gasteiger partial charge in [-0.05, 0) is 6.07 Å². The minimum absolute atomic E-state index is 0. The molecule has 0 radical (unpaired) electrons. The molecule has 3 N–H and O–H groups in total. The van der Waals surface area contributed by atoms with E-state index in [1.165, 1.54) is 0 Å². The first-order chi connectivity index (χ1) is 4.88.